The zero-order valence-electron chi connectivity index (χ0n) is 10.5. The zero-order chi connectivity index (χ0) is 13.4. The molecule has 6 heteroatoms. The Hall–Kier alpha value is -0.780. The van der Waals surface area contributed by atoms with Gasteiger partial charge in [0.2, 0.25) is 5.91 Å². The van der Waals surface area contributed by atoms with Crippen molar-refractivity contribution in [3.63, 3.8) is 0 Å². The summed E-state index contributed by atoms with van der Waals surface area (Å²) in [7, 11) is 0. The van der Waals surface area contributed by atoms with Crippen molar-refractivity contribution >= 4 is 5.91 Å². The summed E-state index contributed by atoms with van der Waals surface area (Å²) in [5.74, 6) is -0.371. The molecule has 18 heavy (non-hydrogen) atoms. The lowest BCUT2D eigenvalue weighted by Crippen LogP contribution is -2.59. The van der Waals surface area contributed by atoms with E-state index in [0.29, 0.717) is 19.4 Å². The number of carbonyl (C=O) groups is 1. The third-order valence-corrected chi connectivity index (χ3v) is 3.85. The van der Waals surface area contributed by atoms with Crippen LogP contribution in [0.25, 0.3) is 0 Å². The third-order valence-electron chi connectivity index (χ3n) is 3.85. The van der Waals surface area contributed by atoms with E-state index in [0.717, 1.165) is 11.3 Å². The van der Waals surface area contributed by atoms with Crippen LogP contribution in [0.1, 0.15) is 39.0 Å². The fraction of sp³-hybridized carbons (Fsp3) is 0.917. The van der Waals surface area contributed by atoms with Gasteiger partial charge in [-0.3, -0.25) is 4.79 Å². The first-order valence-electron chi connectivity index (χ1n) is 6.54. The molecule has 104 valence electrons. The molecule has 1 saturated heterocycles. The topological polar surface area (TPSA) is 32.3 Å². The molecule has 1 saturated carbocycles. The second-order valence-corrected chi connectivity index (χ2v) is 5.17. The highest BCUT2D eigenvalue weighted by Gasteiger charge is 2.68. The molecule has 0 aromatic rings. The molecule has 1 N–H and O–H groups in total. The summed E-state index contributed by atoms with van der Waals surface area (Å²) >= 11 is 0. The van der Waals surface area contributed by atoms with E-state index in [1.165, 1.54) is 0 Å². The van der Waals surface area contributed by atoms with E-state index in [1.807, 2.05) is 6.92 Å². The van der Waals surface area contributed by atoms with Crippen LogP contribution in [0.4, 0.5) is 13.2 Å². The number of nitrogens with zero attached hydrogens (tertiary/aromatic N) is 1. The lowest BCUT2D eigenvalue weighted by molar-refractivity contribution is -0.203. The van der Waals surface area contributed by atoms with Gasteiger partial charge in [-0.1, -0.05) is 6.92 Å². The molecular formula is C12H19F3N2O. The molecule has 0 radical (unpaired) electrons. The predicted molar refractivity (Wildman–Crippen MR) is 61.0 cm³/mol. The van der Waals surface area contributed by atoms with Gasteiger partial charge in [-0.15, -0.1) is 0 Å². The normalized spacial score (nSPS) is 27.4. The Morgan fingerprint density at radius 1 is 1.44 bits per heavy atom. The predicted octanol–water partition coefficient (Wildman–Crippen LogP) is 2.07. The molecule has 1 atom stereocenters. The molecule has 1 aliphatic carbocycles. The van der Waals surface area contributed by atoms with Crippen LogP contribution in [0.15, 0.2) is 0 Å². The van der Waals surface area contributed by atoms with Gasteiger partial charge in [0.15, 0.2) is 0 Å². The van der Waals surface area contributed by atoms with Gasteiger partial charge < -0.3 is 10.2 Å². The van der Waals surface area contributed by atoms with Crippen molar-refractivity contribution in [1.82, 2.24) is 10.2 Å². The van der Waals surface area contributed by atoms with Crippen LogP contribution in [0, 0.1) is 0 Å². The number of hydrogen-bond donors (Lipinski definition) is 1. The largest absolute Gasteiger partial charge is 0.411 e. The van der Waals surface area contributed by atoms with Crippen LogP contribution in [0.3, 0.4) is 0 Å². The smallest absolute Gasteiger partial charge is 0.327 e. The van der Waals surface area contributed by atoms with Crippen LogP contribution >= 0.6 is 0 Å². The van der Waals surface area contributed by atoms with Crippen molar-refractivity contribution in [3.8, 4) is 0 Å². The number of likely N-dealkylation sites (tertiary alicyclic amines) is 1. The number of rotatable bonds is 4. The van der Waals surface area contributed by atoms with Crippen LogP contribution in [0.2, 0.25) is 0 Å². The van der Waals surface area contributed by atoms with Crippen LogP contribution in [-0.4, -0.2) is 41.7 Å². The maximum Gasteiger partial charge on any atom is 0.411 e. The summed E-state index contributed by atoms with van der Waals surface area (Å²) in [4.78, 5) is 13.2. The summed E-state index contributed by atoms with van der Waals surface area (Å²) in [6.45, 7) is 2.88. The van der Waals surface area contributed by atoms with Crippen molar-refractivity contribution in [2.45, 2.75) is 56.8 Å². The molecule has 1 unspecified atom stereocenters. The van der Waals surface area contributed by atoms with Gasteiger partial charge >= 0.3 is 6.18 Å². The van der Waals surface area contributed by atoms with Crippen molar-refractivity contribution in [3.05, 3.63) is 0 Å². The fourth-order valence-electron chi connectivity index (χ4n) is 2.63. The number of hydrogen-bond acceptors (Lipinski definition) is 2. The van der Waals surface area contributed by atoms with Gasteiger partial charge in [-0.2, -0.15) is 13.2 Å². The Balaban J connectivity index is 2.07. The van der Waals surface area contributed by atoms with Crippen molar-refractivity contribution in [2.24, 2.45) is 0 Å². The van der Waals surface area contributed by atoms with Crippen LogP contribution in [0.5, 0.6) is 0 Å². The minimum absolute atomic E-state index is 0.0583. The van der Waals surface area contributed by atoms with Gasteiger partial charge in [0, 0.05) is 6.54 Å². The molecule has 1 aliphatic heterocycles. The van der Waals surface area contributed by atoms with Gasteiger partial charge in [0.1, 0.15) is 5.54 Å². The Morgan fingerprint density at radius 3 is 2.61 bits per heavy atom. The average molecular weight is 264 g/mol. The van der Waals surface area contributed by atoms with Crippen molar-refractivity contribution < 1.29 is 18.0 Å². The first-order valence-corrected chi connectivity index (χ1v) is 6.54. The second-order valence-electron chi connectivity index (χ2n) is 5.17. The van der Waals surface area contributed by atoms with Crippen LogP contribution in [-0.2, 0) is 4.79 Å². The van der Waals surface area contributed by atoms with E-state index in [2.05, 4.69) is 5.32 Å². The maximum absolute atomic E-state index is 13.0. The first kappa shape index (κ1) is 13.6. The molecule has 0 bridgehead atoms. The fourth-order valence-corrected chi connectivity index (χ4v) is 2.63. The summed E-state index contributed by atoms with van der Waals surface area (Å²) in [6, 6.07) is -0.432. The van der Waals surface area contributed by atoms with Crippen molar-refractivity contribution in [2.75, 3.05) is 13.1 Å². The number of carbonyl (C=O) groups excluding carboxylic acids is 1. The number of amides is 1. The lowest BCUT2D eigenvalue weighted by Gasteiger charge is -2.39. The van der Waals surface area contributed by atoms with E-state index >= 15 is 0 Å². The molecule has 1 amide bonds. The lowest BCUT2D eigenvalue weighted by atomic mass is 10.0. The highest BCUT2D eigenvalue weighted by atomic mass is 19.4. The molecule has 1 heterocycles. The SMILES string of the molecule is CCCNC1CCCN(C2(C(F)(F)F)CC2)C1=O. The Labute approximate surface area is 105 Å². The molecule has 2 rings (SSSR count). The quantitative estimate of drug-likeness (QED) is 0.843. The number of piperidine rings is 1. The average Bonchev–Trinajstić information content (AvgIpc) is 3.08. The minimum atomic E-state index is -4.30. The summed E-state index contributed by atoms with van der Waals surface area (Å²) in [5, 5.41) is 3.04. The highest BCUT2D eigenvalue weighted by Crippen LogP contribution is 2.54. The molecule has 0 aromatic carbocycles. The molecule has 2 aliphatic rings. The maximum atomic E-state index is 13.0. The van der Waals surface area contributed by atoms with E-state index in [1.54, 1.807) is 0 Å². The molecule has 0 spiro atoms. The number of alkyl halides is 3. The molecule has 3 nitrogen and oxygen atoms in total. The highest BCUT2D eigenvalue weighted by molar-refractivity contribution is 5.84. The second kappa shape index (κ2) is 4.72. The van der Waals surface area contributed by atoms with E-state index < -0.39 is 17.8 Å². The van der Waals surface area contributed by atoms with Crippen molar-refractivity contribution in [1.29, 1.82) is 0 Å². The van der Waals surface area contributed by atoms with Crippen LogP contribution < -0.4 is 5.32 Å². The number of halogens is 3. The third kappa shape index (κ3) is 2.22. The summed E-state index contributed by atoms with van der Waals surface area (Å²) < 4.78 is 39.1. The monoisotopic (exact) mass is 264 g/mol. The first-order chi connectivity index (χ1) is 8.42. The Bertz CT molecular complexity index is 326. The molecular weight excluding hydrogens is 245 g/mol. The van der Waals surface area contributed by atoms with E-state index in [9.17, 15) is 18.0 Å². The molecule has 0 aromatic heterocycles. The van der Waals surface area contributed by atoms with Gasteiger partial charge in [-0.05, 0) is 38.6 Å². The van der Waals surface area contributed by atoms with E-state index in [-0.39, 0.29) is 25.3 Å². The van der Waals surface area contributed by atoms with Gasteiger partial charge in [-0.25, -0.2) is 0 Å². The van der Waals surface area contributed by atoms with Gasteiger partial charge in [0.05, 0.1) is 6.04 Å². The minimum Gasteiger partial charge on any atom is -0.327 e. The standard InChI is InChI=1S/C12H19F3N2O/c1-2-7-16-9-4-3-8-17(10(9)18)11(5-6-11)12(13,14)15/h9,16H,2-8H2,1H3. The zero-order valence-corrected chi connectivity index (χ0v) is 10.5. The summed E-state index contributed by atoms with van der Waals surface area (Å²) in [6.07, 6.45) is -2.02. The van der Waals surface area contributed by atoms with E-state index in [4.69, 9.17) is 0 Å². The Morgan fingerprint density at radius 2 is 2.11 bits per heavy atom. The number of nitrogens with one attached hydrogen (secondary N) is 1. The summed E-state index contributed by atoms with van der Waals surface area (Å²) in [5.41, 5.74) is -1.85. The van der Waals surface area contributed by atoms with Gasteiger partial charge in [0.25, 0.3) is 0 Å². The Kier molecular flexibility index (Phi) is 3.58. The molecule has 2 fully saturated rings.